The average molecular weight is 283 g/mol. The summed E-state index contributed by atoms with van der Waals surface area (Å²) in [4.78, 5) is 0. The van der Waals surface area contributed by atoms with Crippen LogP contribution in [0.1, 0.15) is 39.7 Å². The van der Waals surface area contributed by atoms with Crippen molar-refractivity contribution < 1.29 is 13.5 Å². The predicted molar refractivity (Wildman–Crippen MR) is 77.9 cm³/mol. The van der Waals surface area contributed by atoms with Crippen molar-refractivity contribution in [3.63, 3.8) is 0 Å². The van der Waals surface area contributed by atoms with E-state index in [9.17, 15) is 8.78 Å². The molecule has 2 nitrogen and oxygen atoms in total. The van der Waals surface area contributed by atoms with Crippen molar-refractivity contribution in [1.29, 1.82) is 0 Å². The second-order valence-electron chi connectivity index (χ2n) is 5.88. The Morgan fingerprint density at radius 3 is 2.25 bits per heavy atom. The molecule has 1 aromatic carbocycles. The smallest absolute Gasteiger partial charge is 0.191 e. The number of hydrogen-bond acceptors (Lipinski definition) is 2. The van der Waals surface area contributed by atoms with Crippen molar-refractivity contribution in [2.45, 2.75) is 46.2 Å². The van der Waals surface area contributed by atoms with Gasteiger partial charge in [0.2, 0.25) is 0 Å². The maximum Gasteiger partial charge on any atom is 0.191 e. The second-order valence-corrected chi connectivity index (χ2v) is 5.88. The molecule has 0 spiro atoms. The Balaban J connectivity index is 2.78. The number of halogens is 2. The fraction of sp³-hybridized carbons (Fsp3) is 0.500. The van der Waals surface area contributed by atoms with Gasteiger partial charge in [0, 0.05) is 12.1 Å². The van der Waals surface area contributed by atoms with Crippen molar-refractivity contribution >= 4 is 0 Å². The third-order valence-corrected chi connectivity index (χ3v) is 2.80. The standard InChI is InChI=1S/C16H23F2NO/c1-6-11(2)10-20-15-13(17)7-12(8-14(15)18)9-19-16(3,4)5/h7-8,19H,2,6,9-10H2,1,3-5H3. The van der Waals surface area contributed by atoms with E-state index >= 15 is 0 Å². The van der Waals surface area contributed by atoms with E-state index in [1.165, 1.54) is 12.1 Å². The third-order valence-electron chi connectivity index (χ3n) is 2.80. The monoisotopic (exact) mass is 283 g/mol. The molecule has 0 saturated carbocycles. The summed E-state index contributed by atoms with van der Waals surface area (Å²) in [6.07, 6.45) is 0.719. The van der Waals surface area contributed by atoms with Crippen molar-refractivity contribution in [3.8, 4) is 5.75 Å². The first-order valence-corrected chi connectivity index (χ1v) is 6.75. The third kappa shape index (κ3) is 5.29. The van der Waals surface area contributed by atoms with Crippen LogP contribution in [0.25, 0.3) is 0 Å². The van der Waals surface area contributed by atoms with E-state index in [2.05, 4.69) is 11.9 Å². The van der Waals surface area contributed by atoms with Gasteiger partial charge in [0.15, 0.2) is 17.4 Å². The Kier molecular flexibility index (Phi) is 5.69. The van der Waals surface area contributed by atoms with Crippen LogP contribution in [-0.4, -0.2) is 12.1 Å². The number of rotatable bonds is 6. The van der Waals surface area contributed by atoms with Gasteiger partial charge in [-0.1, -0.05) is 13.5 Å². The molecule has 0 saturated heterocycles. The maximum atomic E-state index is 13.9. The highest BCUT2D eigenvalue weighted by molar-refractivity contribution is 5.31. The van der Waals surface area contributed by atoms with Gasteiger partial charge >= 0.3 is 0 Å². The van der Waals surface area contributed by atoms with E-state index in [1.54, 1.807) is 0 Å². The molecule has 0 amide bonds. The van der Waals surface area contributed by atoms with E-state index < -0.39 is 11.6 Å². The van der Waals surface area contributed by atoms with Gasteiger partial charge in [0.05, 0.1) is 0 Å². The molecule has 1 rings (SSSR count). The maximum absolute atomic E-state index is 13.9. The largest absolute Gasteiger partial charge is 0.483 e. The highest BCUT2D eigenvalue weighted by atomic mass is 19.1. The highest BCUT2D eigenvalue weighted by Crippen LogP contribution is 2.24. The molecule has 0 atom stereocenters. The molecule has 0 radical (unpaired) electrons. The van der Waals surface area contributed by atoms with E-state index in [0.717, 1.165) is 12.0 Å². The lowest BCUT2D eigenvalue weighted by molar-refractivity contribution is 0.309. The van der Waals surface area contributed by atoms with Crippen LogP contribution in [0.2, 0.25) is 0 Å². The molecule has 0 unspecified atom stereocenters. The first kappa shape index (κ1) is 16.6. The Morgan fingerprint density at radius 1 is 1.25 bits per heavy atom. The second kappa shape index (κ2) is 6.84. The normalized spacial score (nSPS) is 11.5. The molecule has 0 bridgehead atoms. The molecular weight excluding hydrogens is 260 g/mol. The van der Waals surface area contributed by atoms with Crippen LogP contribution in [0.5, 0.6) is 5.75 Å². The van der Waals surface area contributed by atoms with Crippen molar-refractivity contribution in [1.82, 2.24) is 5.32 Å². The van der Waals surface area contributed by atoms with Crippen LogP contribution >= 0.6 is 0 Å². The van der Waals surface area contributed by atoms with Gasteiger partial charge in [0.25, 0.3) is 0 Å². The van der Waals surface area contributed by atoms with Crippen LogP contribution in [0.3, 0.4) is 0 Å². The van der Waals surface area contributed by atoms with E-state index in [0.29, 0.717) is 12.1 Å². The van der Waals surface area contributed by atoms with E-state index in [4.69, 9.17) is 4.74 Å². The first-order valence-electron chi connectivity index (χ1n) is 6.75. The number of ether oxygens (including phenoxy) is 1. The Morgan fingerprint density at radius 2 is 1.80 bits per heavy atom. The molecule has 4 heteroatoms. The van der Waals surface area contributed by atoms with Crippen LogP contribution in [0.4, 0.5) is 8.78 Å². The molecule has 0 aromatic heterocycles. The molecule has 0 heterocycles. The van der Waals surface area contributed by atoms with Gasteiger partial charge in [-0.25, -0.2) is 8.78 Å². The summed E-state index contributed by atoms with van der Waals surface area (Å²) >= 11 is 0. The molecule has 0 aliphatic carbocycles. The van der Waals surface area contributed by atoms with Gasteiger partial charge in [-0.15, -0.1) is 0 Å². The lowest BCUT2D eigenvalue weighted by atomic mass is 10.1. The molecule has 112 valence electrons. The van der Waals surface area contributed by atoms with E-state index in [-0.39, 0.29) is 17.9 Å². The predicted octanol–water partition coefficient (Wildman–Crippen LogP) is 4.20. The molecule has 0 aliphatic heterocycles. The molecule has 1 aromatic rings. The molecule has 0 fully saturated rings. The fourth-order valence-corrected chi connectivity index (χ4v) is 1.50. The van der Waals surface area contributed by atoms with Crippen LogP contribution in [-0.2, 0) is 6.54 Å². The van der Waals surface area contributed by atoms with Gasteiger partial charge in [-0.2, -0.15) is 0 Å². The zero-order valence-corrected chi connectivity index (χ0v) is 12.6. The Labute approximate surface area is 119 Å². The summed E-state index contributed by atoms with van der Waals surface area (Å²) in [6.45, 7) is 12.2. The first-order chi connectivity index (χ1) is 9.23. The zero-order chi connectivity index (χ0) is 15.3. The number of hydrogen-bond donors (Lipinski definition) is 1. The lowest BCUT2D eigenvalue weighted by Gasteiger charge is -2.20. The minimum absolute atomic E-state index is 0.110. The summed E-state index contributed by atoms with van der Waals surface area (Å²) in [7, 11) is 0. The van der Waals surface area contributed by atoms with Crippen molar-refractivity contribution in [2.75, 3.05) is 6.61 Å². The minimum atomic E-state index is -0.681. The molecular formula is C16H23F2NO. The summed E-state index contributed by atoms with van der Waals surface area (Å²) in [6, 6.07) is 2.59. The quantitative estimate of drug-likeness (QED) is 0.790. The van der Waals surface area contributed by atoms with Crippen molar-refractivity contribution in [3.05, 3.63) is 41.5 Å². The Hall–Kier alpha value is -1.42. The highest BCUT2D eigenvalue weighted by Gasteiger charge is 2.14. The fourth-order valence-electron chi connectivity index (χ4n) is 1.50. The average Bonchev–Trinajstić information content (AvgIpc) is 2.34. The topological polar surface area (TPSA) is 21.3 Å². The number of nitrogens with one attached hydrogen (secondary N) is 1. The molecule has 1 N–H and O–H groups in total. The summed E-state index contributed by atoms with van der Waals surface area (Å²) < 4.78 is 32.9. The van der Waals surface area contributed by atoms with E-state index in [1.807, 2.05) is 27.7 Å². The molecule has 20 heavy (non-hydrogen) atoms. The van der Waals surface area contributed by atoms with Crippen molar-refractivity contribution in [2.24, 2.45) is 0 Å². The van der Waals surface area contributed by atoms with Crippen LogP contribution in [0.15, 0.2) is 24.3 Å². The van der Waals surface area contributed by atoms with Gasteiger partial charge in [-0.05, 0) is 50.5 Å². The Bertz CT molecular complexity index is 455. The summed E-state index contributed by atoms with van der Waals surface area (Å²) in [5, 5.41) is 3.18. The summed E-state index contributed by atoms with van der Waals surface area (Å²) in [5.74, 6) is -1.70. The van der Waals surface area contributed by atoms with Gasteiger partial charge in [0.1, 0.15) is 6.61 Å². The zero-order valence-electron chi connectivity index (χ0n) is 12.6. The lowest BCUT2D eigenvalue weighted by Crippen LogP contribution is -2.35. The van der Waals surface area contributed by atoms with Crippen LogP contribution in [0, 0.1) is 11.6 Å². The number of benzene rings is 1. The van der Waals surface area contributed by atoms with Crippen LogP contribution < -0.4 is 10.1 Å². The SMILES string of the molecule is C=C(CC)COc1c(F)cc(CNC(C)(C)C)cc1F. The summed E-state index contributed by atoms with van der Waals surface area (Å²) in [5.41, 5.74) is 1.24. The van der Waals surface area contributed by atoms with Gasteiger partial charge in [-0.3, -0.25) is 0 Å². The van der Waals surface area contributed by atoms with Gasteiger partial charge < -0.3 is 10.1 Å². The molecule has 0 aliphatic rings. The minimum Gasteiger partial charge on any atom is -0.483 e.